The van der Waals surface area contributed by atoms with Gasteiger partial charge in [0.25, 0.3) is 0 Å². The first-order valence-electron chi connectivity index (χ1n) is 26.3. The van der Waals surface area contributed by atoms with Gasteiger partial charge in [-0.1, -0.05) is 199 Å². The quantitative estimate of drug-likeness (QED) is 0.144. The molecule has 3 aromatic heterocycles. The largest absolute Gasteiger partial charge is 0.309 e. The van der Waals surface area contributed by atoms with E-state index in [0.29, 0.717) is 23.0 Å². The molecule has 366 valence electrons. The number of aryl methyl sites for hydroxylation is 2. The average Bonchev–Trinajstić information content (AvgIpc) is 4.20. The van der Waals surface area contributed by atoms with Crippen LogP contribution in [-0.2, 0) is 0 Å². The average molecular weight is 997 g/mol. The number of rotatable bonds is 9. The van der Waals surface area contributed by atoms with Gasteiger partial charge >= 0.3 is 0 Å². The molecule has 0 radical (unpaired) electrons. The van der Waals surface area contributed by atoms with Crippen molar-refractivity contribution in [1.29, 1.82) is 5.26 Å². The predicted molar refractivity (Wildman–Crippen MR) is 321 cm³/mol. The van der Waals surface area contributed by atoms with E-state index in [1.165, 1.54) is 22.3 Å². The highest BCUT2D eigenvalue weighted by molar-refractivity contribution is 6.13. The van der Waals surface area contributed by atoms with Crippen molar-refractivity contribution in [2.75, 3.05) is 0 Å². The third kappa shape index (κ3) is 8.01. The maximum Gasteiger partial charge on any atom is 0.164 e. The van der Waals surface area contributed by atoms with E-state index in [9.17, 15) is 5.26 Å². The summed E-state index contributed by atoms with van der Waals surface area (Å²) in [6.45, 7) is 4.29. The first-order chi connectivity index (χ1) is 38.4. The van der Waals surface area contributed by atoms with E-state index in [1.54, 1.807) is 0 Å². The molecular weight excluding hydrogens is 949 g/mol. The number of benzene rings is 11. The smallest absolute Gasteiger partial charge is 0.164 e. The molecule has 14 rings (SSSR count). The van der Waals surface area contributed by atoms with Crippen LogP contribution in [0.4, 0.5) is 0 Å². The Balaban J connectivity index is 1.09. The number of fused-ring (bicyclic) bond motifs is 6. The number of nitriles is 1. The maximum atomic E-state index is 10.5. The van der Waals surface area contributed by atoms with E-state index in [-0.39, 0.29) is 0 Å². The van der Waals surface area contributed by atoms with Gasteiger partial charge in [0.2, 0.25) is 0 Å². The molecule has 78 heavy (non-hydrogen) atoms. The molecule has 6 heteroatoms. The second kappa shape index (κ2) is 19.0. The molecule has 0 unspecified atom stereocenters. The van der Waals surface area contributed by atoms with Crippen LogP contribution in [0.1, 0.15) is 16.7 Å². The van der Waals surface area contributed by atoms with E-state index in [4.69, 9.17) is 15.0 Å². The van der Waals surface area contributed by atoms with Gasteiger partial charge in [0.05, 0.1) is 45.1 Å². The van der Waals surface area contributed by atoms with Crippen molar-refractivity contribution < 1.29 is 0 Å². The van der Waals surface area contributed by atoms with Gasteiger partial charge in [-0.15, -0.1) is 0 Å². The molecule has 0 aliphatic rings. The summed E-state index contributed by atoms with van der Waals surface area (Å²) in [5, 5.41) is 15.1. The van der Waals surface area contributed by atoms with Crippen molar-refractivity contribution in [3.63, 3.8) is 0 Å². The lowest BCUT2D eigenvalue weighted by Crippen LogP contribution is -2.04. The van der Waals surface area contributed by atoms with Crippen LogP contribution in [0.5, 0.6) is 0 Å². The summed E-state index contributed by atoms with van der Waals surface area (Å²) < 4.78 is 4.84. The van der Waals surface area contributed by atoms with E-state index >= 15 is 0 Å². The first-order valence-corrected chi connectivity index (χ1v) is 26.3. The van der Waals surface area contributed by atoms with Gasteiger partial charge in [-0.3, -0.25) is 0 Å². The summed E-state index contributed by atoms with van der Waals surface area (Å²) in [5.74, 6) is 1.74. The summed E-state index contributed by atoms with van der Waals surface area (Å²) in [6.07, 6.45) is 0. The van der Waals surface area contributed by atoms with Gasteiger partial charge in [0.1, 0.15) is 0 Å². The SMILES string of the molecule is Cc1cccc(-c2ccc3c(c2)c2ccccc2n3-c2ccc(-c3nc(-c4ccccc4)nc(-c4ccccc4)n3)cc2-c2ccc(-c3ccccc3C#N)cc2-n2c3ccccc3c3cc(-c4cccc(C)c4)ccc32)c1. The molecule has 0 aliphatic carbocycles. The van der Waals surface area contributed by atoms with Crippen LogP contribution in [-0.4, -0.2) is 24.1 Å². The lowest BCUT2D eigenvalue weighted by atomic mass is 9.93. The molecule has 0 atom stereocenters. The van der Waals surface area contributed by atoms with E-state index in [2.05, 4.69) is 199 Å². The Morgan fingerprint density at radius 1 is 0.295 bits per heavy atom. The van der Waals surface area contributed by atoms with Crippen LogP contribution in [0.25, 0.3) is 134 Å². The summed E-state index contributed by atoms with van der Waals surface area (Å²) in [5.41, 5.74) is 20.4. The first kappa shape index (κ1) is 46.1. The van der Waals surface area contributed by atoms with Crippen LogP contribution in [0, 0.1) is 25.2 Å². The second-order valence-electron chi connectivity index (χ2n) is 20.1. The van der Waals surface area contributed by atoms with Crippen LogP contribution in [0.15, 0.2) is 255 Å². The fourth-order valence-corrected chi connectivity index (χ4v) is 11.4. The molecule has 0 bridgehead atoms. The molecule has 0 saturated carbocycles. The van der Waals surface area contributed by atoms with Gasteiger partial charge in [-0.25, -0.2) is 15.0 Å². The molecule has 0 saturated heterocycles. The third-order valence-corrected chi connectivity index (χ3v) is 15.1. The fourth-order valence-electron chi connectivity index (χ4n) is 11.4. The van der Waals surface area contributed by atoms with Crippen molar-refractivity contribution in [3.8, 4) is 96.1 Å². The number of hydrogen-bond donors (Lipinski definition) is 0. The minimum absolute atomic E-state index is 0.558. The maximum absolute atomic E-state index is 10.5. The van der Waals surface area contributed by atoms with Crippen molar-refractivity contribution in [2.24, 2.45) is 0 Å². The number of aromatic nitrogens is 5. The molecule has 0 fully saturated rings. The minimum Gasteiger partial charge on any atom is -0.309 e. The van der Waals surface area contributed by atoms with Gasteiger partial charge in [0, 0.05) is 49.4 Å². The van der Waals surface area contributed by atoms with E-state index < -0.39 is 0 Å². The third-order valence-electron chi connectivity index (χ3n) is 15.1. The zero-order valence-electron chi connectivity index (χ0n) is 42.9. The van der Waals surface area contributed by atoms with E-state index in [0.717, 1.165) is 105 Å². The summed E-state index contributed by atoms with van der Waals surface area (Å²) >= 11 is 0. The lowest BCUT2D eigenvalue weighted by molar-refractivity contribution is 1.07. The van der Waals surface area contributed by atoms with Crippen molar-refractivity contribution >= 4 is 43.6 Å². The normalized spacial score (nSPS) is 11.4. The molecule has 0 N–H and O–H groups in total. The summed E-state index contributed by atoms with van der Waals surface area (Å²) in [6, 6.07) is 92.5. The summed E-state index contributed by atoms with van der Waals surface area (Å²) in [4.78, 5) is 15.6. The molecule has 3 heterocycles. The van der Waals surface area contributed by atoms with Crippen molar-refractivity contribution in [1.82, 2.24) is 24.1 Å². The minimum atomic E-state index is 0.558. The lowest BCUT2D eigenvalue weighted by Gasteiger charge is -2.21. The highest BCUT2D eigenvalue weighted by Crippen LogP contribution is 2.45. The monoisotopic (exact) mass is 996 g/mol. The number of nitrogens with zero attached hydrogens (tertiary/aromatic N) is 6. The predicted octanol–water partition coefficient (Wildman–Crippen LogP) is 18.2. The van der Waals surface area contributed by atoms with Crippen molar-refractivity contribution in [2.45, 2.75) is 13.8 Å². The van der Waals surface area contributed by atoms with Gasteiger partial charge in [-0.2, -0.15) is 5.26 Å². The fraction of sp³-hybridized carbons (Fsp3) is 0.0278. The molecule has 0 aliphatic heterocycles. The molecular formula is C72H48N6. The van der Waals surface area contributed by atoms with Crippen LogP contribution in [0.3, 0.4) is 0 Å². The highest BCUT2D eigenvalue weighted by atomic mass is 15.0. The Kier molecular flexibility index (Phi) is 11.2. The van der Waals surface area contributed by atoms with Crippen molar-refractivity contribution in [3.05, 3.63) is 271 Å². The molecule has 11 aromatic carbocycles. The Bertz CT molecular complexity index is 4650. The zero-order chi connectivity index (χ0) is 52.3. The Labute approximate surface area is 452 Å². The Morgan fingerprint density at radius 3 is 1.31 bits per heavy atom. The number of hydrogen-bond acceptors (Lipinski definition) is 4. The van der Waals surface area contributed by atoms with Gasteiger partial charge in [0.15, 0.2) is 17.5 Å². The molecule has 0 spiro atoms. The van der Waals surface area contributed by atoms with Crippen LogP contribution >= 0.6 is 0 Å². The molecule has 6 nitrogen and oxygen atoms in total. The van der Waals surface area contributed by atoms with Gasteiger partial charge < -0.3 is 9.13 Å². The van der Waals surface area contributed by atoms with E-state index in [1.807, 2.05) is 84.9 Å². The standard InChI is InChI=1S/C72H48N6/c1-46-17-15-24-50(39-46)52-32-36-66-61(41-52)58-27-11-13-29-64(58)77(66)67-38-34-55(72-75-70(48-19-5-3-6-20-48)74-71(76-72)49-21-7-4-8-22-49)43-63(67)60-35-31-54(57-26-10-9-23-56(57)45-73)44-69(60)78-65-30-14-12-28-59(65)62-42-53(33-37-68(62)78)51-25-16-18-47(2)40-51/h3-44H,1-2H3. The molecule has 14 aromatic rings. The van der Waals surface area contributed by atoms with Gasteiger partial charge in [-0.05, 0) is 114 Å². The topological polar surface area (TPSA) is 72.3 Å². The Morgan fingerprint density at radius 2 is 0.744 bits per heavy atom. The highest BCUT2D eigenvalue weighted by Gasteiger charge is 2.24. The zero-order valence-corrected chi connectivity index (χ0v) is 42.9. The van der Waals surface area contributed by atoms with Crippen LogP contribution in [0.2, 0.25) is 0 Å². The number of para-hydroxylation sites is 2. The molecule has 0 amide bonds. The Hall–Kier alpha value is -10.5. The summed E-state index contributed by atoms with van der Waals surface area (Å²) in [7, 11) is 0. The second-order valence-corrected chi connectivity index (χ2v) is 20.1. The van der Waals surface area contributed by atoms with Crippen LogP contribution < -0.4 is 0 Å².